The predicted octanol–water partition coefficient (Wildman–Crippen LogP) is 3.11. The third-order valence-electron chi connectivity index (χ3n) is 3.33. The molecule has 3 aromatic rings. The van der Waals surface area contributed by atoms with E-state index in [1.54, 1.807) is 0 Å². The highest BCUT2D eigenvalue weighted by Crippen LogP contribution is 2.23. The van der Waals surface area contributed by atoms with Crippen LogP contribution in [0.15, 0.2) is 59.8 Å². The smallest absolute Gasteiger partial charge is 0.227 e. The average molecular weight is 374 g/mol. The molecule has 128 valence electrons. The maximum absolute atomic E-state index is 11.1. The molecule has 3 N–H and O–H groups in total. The SMILES string of the molecule is NC(=O)CSc1nnc(CNc2cccc(Cl)c2)n1-c1ccccc1. The zero-order valence-electron chi connectivity index (χ0n) is 13.2. The van der Waals surface area contributed by atoms with Crippen molar-refractivity contribution in [2.75, 3.05) is 11.1 Å². The van der Waals surface area contributed by atoms with Crippen molar-refractivity contribution in [3.8, 4) is 5.69 Å². The summed E-state index contributed by atoms with van der Waals surface area (Å²) in [5.74, 6) is 0.469. The normalized spacial score (nSPS) is 10.6. The second kappa shape index (κ2) is 8.04. The number of hydrogen-bond acceptors (Lipinski definition) is 5. The first-order chi connectivity index (χ1) is 12.1. The molecule has 0 saturated heterocycles. The molecule has 25 heavy (non-hydrogen) atoms. The van der Waals surface area contributed by atoms with Gasteiger partial charge >= 0.3 is 0 Å². The van der Waals surface area contributed by atoms with Gasteiger partial charge in [0.1, 0.15) is 0 Å². The fourth-order valence-electron chi connectivity index (χ4n) is 2.26. The summed E-state index contributed by atoms with van der Waals surface area (Å²) in [5.41, 5.74) is 7.05. The molecule has 0 radical (unpaired) electrons. The van der Waals surface area contributed by atoms with Crippen molar-refractivity contribution in [2.45, 2.75) is 11.7 Å². The molecule has 0 spiro atoms. The van der Waals surface area contributed by atoms with Gasteiger partial charge in [0, 0.05) is 16.4 Å². The fourth-order valence-corrected chi connectivity index (χ4v) is 3.16. The fraction of sp³-hybridized carbons (Fsp3) is 0.118. The van der Waals surface area contributed by atoms with Crippen LogP contribution in [0.3, 0.4) is 0 Å². The first-order valence-corrected chi connectivity index (χ1v) is 8.90. The Morgan fingerprint density at radius 1 is 1.16 bits per heavy atom. The largest absolute Gasteiger partial charge is 0.378 e. The van der Waals surface area contributed by atoms with Gasteiger partial charge in [0.25, 0.3) is 0 Å². The van der Waals surface area contributed by atoms with Crippen LogP contribution in [0.1, 0.15) is 5.82 Å². The Bertz CT molecular complexity index is 868. The van der Waals surface area contributed by atoms with Crippen LogP contribution in [0, 0.1) is 0 Å². The number of carbonyl (C=O) groups excluding carboxylic acids is 1. The van der Waals surface area contributed by atoms with Crippen molar-refractivity contribution in [3.05, 3.63) is 65.4 Å². The number of nitrogens with one attached hydrogen (secondary N) is 1. The molecule has 8 heteroatoms. The number of nitrogens with two attached hydrogens (primary N) is 1. The van der Waals surface area contributed by atoms with E-state index in [9.17, 15) is 4.79 Å². The minimum Gasteiger partial charge on any atom is -0.378 e. The molecular weight excluding hydrogens is 358 g/mol. The number of rotatable bonds is 7. The lowest BCUT2D eigenvalue weighted by molar-refractivity contribution is -0.115. The first-order valence-electron chi connectivity index (χ1n) is 7.54. The summed E-state index contributed by atoms with van der Waals surface area (Å²) in [4.78, 5) is 11.1. The van der Waals surface area contributed by atoms with E-state index in [1.165, 1.54) is 11.8 Å². The van der Waals surface area contributed by atoms with Crippen molar-refractivity contribution < 1.29 is 4.79 Å². The Morgan fingerprint density at radius 2 is 1.96 bits per heavy atom. The second-order valence-electron chi connectivity index (χ2n) is 5.19. The molecule has 0 unspecified atom stereocenters. The molecule has 0 fully saturated rings. The van der Waals surface area contributed by atoms with Gasteiger partial charge in [-0.15, -0.1) is 10.2 Å². The summed E-state index contributed by atoms with van der Waals surface area (Å²) in [5, 5.41) is 13.0. The predicted molar refractivity (Wildman–Crippen MR) is 100 cm³/mol. The number of nitrogens with zero attached hydrogens (tertiary/aromatic N) is 3. The molecular formula is C17H16ClN5OS. The molecule has 2 aromatic carbocycles. The summed E-state index contributed by atoms with van der Waals surface area (Å²) >= 11 is 7.27. The highest BCUT2D eigenvalue weighted by atomic mass is 35.5. The maximum Gasteiger partial charge on any atom is 0.227 e. The number of benzene rings is 2. The zero-order chi connectivity index (χ0) is 17.6. The van der Waals surface area contributed by atoms with E-state index in [1.807, 2.05) is 59.2 Å². The van der Waals surface area contributed by atoms with Crippen molar-refractivity contribution in [1.29, 1.82) is 0 Å². The summed E-state index contributed by atoms with van der Waals surface area (Å²) < 4.78 is 1.91. The van der Waals surface area contributed by atoms with Gasteiger partial charge in [-0.2, -0.15) is 0 Å². The Morgan fingerprint density at radius 3 is 2.68 bits per heavy atom. The number of hydrogen-bond donors (Lipinski definition) is 2. The third kappa shape index (κ3) is 4.52. The van der Waals surface area contributed by atoms with Gasteiger partial charge in [-0.1, -0.05) is 47.6 Å². The van der Waals surface area contributed by atoms with Crippen LogP contribution < -0.4 is 11.1 Å². The second-order valence-corrected chi connectivity index (χ2v) is 6.57. The van der Waals surface area contributed by atoms with Crippen LogP contribution in [0.25, 0.3) is 5.69 Å². The molecule has 0 atom stereocenters. The minimum atomic E-state index is -0.397. The van der Waals surface area contributed by atoms with E-state index in [-0.39, 0.29) is 5.75 Å². The van der Waals surface area contributed by atoms with E-state index < -0.39 is 5.91 Å². The van der Waals surface area contributed by atoms with E-state index in [4.69, 9.17) is 17.3 Å². The van der Waals surface area contributed by atoms with Gasteiger partial charge in [-0.25, -0.2) is 0 Å². The molecule has 1 aromatic heterocycles. The zero-order valence-corrected chi connectivity index (χ0v) is 14.8. The quantitative estimate of drug-likeness (QED) is 0.621. The number of thioether (sulfide) groups is 1. The number of anilines is 1. The van der Waals surface area contributed by atoms with E-state index in [0.717, 1.165) is 17.2 Å². The van der Waals surface area contributed by atoms with Crippen LogP contribution in [0.5, 0.6) is 0 Å². The van der Waals surface area contributed by atoms with E-state index in [2.05, 4.69) is 15.5 Å². The molecule has 0 bridgehead atoms. The number of primary amides is 1. The Hall–Kier alpha value is -2.51. The number of carbonyl (C=O) groups is 1. The van der Waals surface area contributed by atoms with Gasteiger partial charge in [0.2, 0.25) is 5.91 Å². The van der Waals surface area contributed by atoms with Crippen molar-refractivity contribution in [3.63, 3.8) is 0 Å². The van der Waals surface area contributed by atoms with Gasteiger partial charge in [-0.3, -0.25) is 9.36 Å². The topological polar surface area (TPSA) is 85.8 Å². The molecule has 1 heterocycles. The number of halogens is 1. The monoisotopic (exact) mass is 373 g/mol. The van der Waals surface area contributed by atoms with Crippen molar-refractivity contribution in [2.24, 2.45) is 5.73 Å². The van der Waals surface area contributed by atoms with Gasteiger partial charge in [0.15, 0.2) is 11.0 Å². The lowest BCUT2D eigenvalue weighted by Crippen LogP contribution is -2.14. The molecule has 1 amide bonds. The van der Waals surface area contributed by atoms with Gasteiger partial charge in [-0.05, 0) is 30.3 Å². The number of aromatic nitrogens is 3. The first kappa shape index (κ1) is 17.3. The maximum atomic E-state index is 11.1. The Labute approximate surface area is 154 Å². The molecule has 3 rings (SSSR count). The summed E-state index contributed by atoms with van der Waals surface area (Å²) in [7, 11) is 0. The van der Waals surface area contributed by atoms with Crippen LogP contribution in [0.4, 0.5) is 5.69 Å². The molecule has 0 aliphatic heterocycles. The lowest BCUT2D eigenvalue weighted by Gasteiger charge is -2.11. The van der Waals surface area contributed by atoms with E-state index in [0.29, 0.717) is 16.7 Å². The van der Waals surface area contributed by atoms with Gasteiger partial charge < -0.3 is 11.1 Å². The average Bonchev–Trinajstić information content (AvgIpc) is 3.02. The third-order valence-corrected chi connectivity index (χ3v) is 4.52. The Balaban J connectivity index is 1.86. The lowest BCUT2D eigenvalue weighted by atomic mass is 10.3. The molecule has 6 nitrogen and oxygen atoms in total. The van der Waals surface area contributed by atoms with Crippen molar-refractivity contribution in [1.82, 2.24) is 14.8 Å². The summed E-state index contributed by atoms with van der Waals surface area (Å²) in [6.45, 7) is 0.458. The van der Waals surface area contributed by atoms with Crippen LogP contribution in [-0.4, -0.2) is 26.4 Å². The molecule has 0 aliphatic rings. The standard InChI is InChI=1S/C17H16ClN5OS/c18-12-5-4-6-13(9-12)20-10-16-21-22-17(25-11-15(19)24)23(16)14-7-2-1-3-8-14/h1-9,20H,10-11H2,(H2,19,24). The highest BCUT2D eigenvalue weighted by molar-refractivity contribution is 7.99. The molecule has 0 aliphatic carbocycles. The van der Waals surface area contributed by atoms with Crippen LogP contribution in [0.2, 0.25) is 5.02 Å². The minimum absolute atomic E-state index is 0.146. The number of amides is 1. The van der Waals surface area contributed by atoms with E-state index >= 15 is 0 Å². The Kier molecular flexibility index (Phi) is 5.57. The summed E-state index contributed by atoms with van der Waals surface area (Å²) in [6, 6.07) is 17.2. The van der Waals surface area contributed by atoms with Gasteiger partial charge in [0.05, 0.1) is 12.3 Å². The van der Waals surface area contributed by atoms with Crippen LogP contribution in [-0.2, 0) is 11.3 Å². The summed E-state index contributed by atoms with van der Waals surface area (Å²) in [6.07, 6.45) is 0. The highest BCUT2D eigenvalue weighted by Gasteiger charge is 2.15. The molecule has 0 saturated carbocycles. The number of para-hydroxylation sites is 1. The van der Waals surface area contributed by atoms with Crippen molar-refractivity contribution >= 4 is 35.0 Å². The van der Waals surface area contributed by atoms with Crippen LogP contribution >= 0.6 is 23.4 Å².